The minimum Gasteiger partial charge on any atom is -0.294 e. The first-order valence-electron chi connectivity index (χ1n) is 5.54. The molecule has 2 saturated carbocycles. The van der Waals surface area contributed by atoms with Gasteiger partial charge in [0.05, 0.1) is 0 Å². The fourth-order valence-corrected chi connectivity index (χ4v) is 3.44. The lowest BCUT2D eigenvalue weighted by atomic mass is 9.70. The van der Waals surface area contributed by atoms with E-state index in [9.17, 15) is 4.79 Å². The second-order valence-corrected chi connectivity index (χ2v) is 5.89. The molecule has 0 N–H and O–H groups in total. The van der Waals surface area contributed by atoms with Crippen molar-refractivity contribution in [3.63, 3.8) is 0 Å². The van der Waals surface area contributed by atoms with Crippen molar-refractivity contribution in [2.75, 3.05) is 0 Å². The van der Waals surface area contributed by atoms with E-state index in [0.717, 1.165) is 12.0 Å². The highest BCUT2D eigenvalue weighted by Gasteiger charge is 2.64. The Morgan fingerprint density at radius 3 is 2.14 bits per heavy atom. The van der Waals surface area contributed by atoms with Crippen LogP contribution in [-0.2, 0) is 4.79 Å². The fraction of sp³-hybridized carbons (Fsp3) is 0.769. The third-order valence-electron chi connectivity index (χ3n) is 4.86. The molecule has 1 nitrogen and oxygen atoms in total. The average Bonchev–Trinajstić information content (AvgIpc) is 2.35. The molecular weight excluding hydrogens is 172 g/mol. The fourth-order valence-electron chi connectivity index (χ4n) is 3.44. The molecule has 2 unspecified atom stereocenters. The molecule has 2 aliphatic carbocycles. The van der Waals surface area contributed by atoms with Crippen LogP contribution in [0.25, 0.3) is 0 Å². The van der Waals surface area contributed by atoms with Crippen molar-refractivity contribution < 1.29 is 4.79 Å². The van der Waals surface area contributed by atoms with Gasteiger partial charge in [-0.15, -0.1) is 0 Å². The molecule has 2 aliphatic rings. The highest BCUT2D eigenvalue weighted by molar-refractivity contribution is 6.05. The summed E-state index contributed by atoms with van der Waals surface area (Å²) in [6.45, 7) is 10.8. The Hall–Kier alpha value is -0.590. The van der Waals surface area contributed by atoms with Crippen LogP contribution in [0.1, 0.15) is 47.5 Å². The summed E-state index contributed by atoms with van der Waals surface area (Å²) >= 11 is 0. The molecule has 0 radical (unpaired) electrons. The number of fused-ring (bicyclic) bond motifs is 2. The molecule has 0 spiro atoms. The van der Waals surface area contributed by atoms with E-state index < -0.39 is 0 Å². The summed E-state index contributed by atoms with van der Waals surface area (Å²) in [6.07, 6.45) is 2.29. The molecule has 0 aromatic heterocycles. The predicted molar refractivity (Wildman–Crippen MR) is 58.0 cm³/mol. The van der Waals surface area contributed by atoms with Gasteiger partial charge in [-0.25, -0.2) is 0 Å². The third kappa shape index (κ3) is 0.838. The number of carbonyl (C=O) groups excluding carboxylic acids is 1. The summed E-state index contributed by atoms with van der Waals surface area (Å²) in [5.74, 6) is 0.948. The number of ketones is 1. The highest BCUT2D eigenvalue weighted by Crippen LogP contribution is 2.65. The molecule has 0 amide bonds. The number of hydrogen-bond acceptors (Lipinski definition) is 1. The van der Waals surface area contributed by atoms with Crippen LogP contribution in [0.3, 0.4) is 0 Å². The third-order valence-corrected chi connectivity index (χ3v) is 4.86. The van der Waals surface area contributed by atoms with Crippen molar-refractivity contribution in [1.29, 1.82) is 0 Å². The molecule has 2 rings (SSSR count). The van der Waals surface area contributed by atoms with Crippen molar-refractivity contribution in [2.45, 2.75) is 47.5 Å². The molecule has 0 heterocycles. The average molecular weight is 192 g/mol. The Kier molecular flexibility index (Phi) is 1.78. The first kappa shape index (κ1) is 9.95. The monoisotopic (exact) mass is 192 g/mol. The highest BCUT2D eigenvalue weighted by atomic mass is 16.1. The van der Waals surface area contributed by atoms with Gasteiger partial charge in [0.1, 0.15) is 0 Å². The molecule has 1 heteroatoms. The minimum atomic E-state index is -0.0791. The maximum absolute atomic E-state index is 12.3. The van der Waals surface area contributed by atoms with Crippen LogP contribution in [0.5, 0.6) is 0 Å². The van der Waals surface area contributed by atoms with E-state index in [-0.39, 0.29) is 10.8 Å². The Bertz CT molecular complexity index is 331. The largest absolute Gasteiger partial charge is 0.294 e. The molecular formula is C13H20O. The molecule has 14 heavy (non-hydrogen) atoms. The van der Waals surface area contributed by atoms with Crippen molar-refractivity contribution in [3.05, 3.63) is 11.1 Å². The molecule has 0 aromatic carbocycles. The van der Waals surface area contributed by atoms with E-state index in [1.165, 1.54) is 12.0 Å². The van der Waals surface area contributed by atoms with E-state index in [0.29, 0.717) is 11.7 Å². The first-order chi connectivity index (χ1) is 6.32. The molecule has 2 fully saturated rings. The summed E-state index contributed by atoms with van der Waals surface area (Å²) < 4.78 is 0. The number of allylic oxidation sites excluding steroid dienone is 2. The maximum atomic E-state index is 12.3. The van der Waals surface area contributed by atoms with Crippen LogP contribution < -0.4 is 0 Å². The molecule has 2 bridgehead atoms. The Balaban J connectivity index is 2.61. The van der Waals surface area contributed by atoms with Gasteiger partial charge in [-0.2, -0.15) is 0 Å². The Labute approximate surface area is 86.6 Å². The van der Waals surface area contributed by atoms with Gasteiger partial charge in [-0.3, -0.25) is 4.79 Å². The quantitative estimate of drug-likeness (QED) is 0.538. The van der Waals surface area contributed by atoms with Crippen molar-refractivity contribution in [2.24, 2.45) is 16.7 Å². The van der Waals surface area contributed by atoms with E-state index in [1.54, 1.807) is 0 Å². The molecule has 78 valence electrons. The van der Waals surface area contributed by atoms with Gasteiger partial charge in [0.25, 0.3) is 0 Å². The molecule has 0 saturated heterocycles. The van der Waals surface area contributed by atoms with Gasteiger partial charge in [0.2, 0.25) is 0 Å². The van der Waals surface area contributed by atoms with Gasteiger partial charge in [0.15, 0.2) is 5.78 Å². The zero-order valence-corrected chi connectivity index (χ0v) is 9.90. The first-order valence-corrected chi connectivity index (χ1v) is 5.54. The van der Waals surface area contributed by atoms with Crippen LogP contribution >= 0.6 is 0 Å². The summed E-state index contributed by atoms with van der Waals surface area (Å²) in [5, 5.41) is 0. The van der Waals surface area contributed by atoms with Crippen molar-refractivity contribution >= 4 is 5.78 Å². The smallest absolute Gasteiger partial charge is 0.165 e. The van der Waals surface area contributed by atoms with Gasteiger partial charge in [-0.1, -0.05) is 26.3 Å². The van der Waals surface area contributed by atoms with Gasteiger partial charge < -0.3 is 0 Å². The lowest BCUT2D eigenvalue weighted by molar-refractivity contribution is -0.125. The summed E-state index contributed by atoms with van der Waals surface area (Å²) in [7, 11) is 0. The van der Waals surface area contributed by atoms with Crippen LogP contribution in [0, 0.1) is 16.7 Å². The van der Waals surface area contributed by atoms with Crippen LogP contribution in [0.15, 0.2) is 11.1 Å². The zero-order chi connectivity index (χ0) is 10.7. The number of Topliss-reactive ketones (excluding diaryl/α,β-unsaturated/α-hetero) is 1. The van der Waals surface area contributed by atoms with E-state index in [4.69, 9.17) is 0 Å². The van der Waals surface area contributed by atoms with E-state index in [1.807, 2.05) is 0 Å². The van der Waals surface area contributed by atoms with Crippen LogP contribution in [0.4, 0.5) is 0 Å². The lowest BCUT2D eigenvalue weighted by Crippen LogP contribution is -2.32. The number of hydrogen-bond donors (Lipinski definition) is 0. The van der Waals surface area contributed by atoms with Crippen molar-refractivity contribution in [3.8, 4) is 0 Å². The summed E-state index contributed by atoms with van der Waals surface area (Å²) in [5.41, 5.74) is 2.47. The van der Waals surface area contributed by atoms with E-state index in [2.05, 4.69) is 34.6 Å². The van der Waals surface area contributed by atoms with E-state index >= 15 is 0 Å². The number of rotatable bonds is 0. The normalized spacial score (nSPS) is 39.4. The minimum absolute atomic E-state index is 0.0791. The Morgan fingerprint density at radius 1 is 1.29 bits per heavy atom. The molecule has 2 atom stereocenters. The predicted octanol–water partition coefficient (Wildman–Crippen LogP) is 3.35. The SMILES string of the molecule is CC(C)=C1C(=O)C2(C)CCC1C2(C)C. The number of carbonyl (C=O) groups is 1. The standard InChI is InChI=1S/C13H20O/c1-8(2)10-9-6-7-13(5,11(10)14)12(9,3)4/h9H,6-7H2,1-5H3. The maximum Gasteiger partial charge on any atom is 0.165 e. The van der Waals surface area contributed by atoms with Crippen molar-refractivity contribution in [1.82, 2.24) is 0 Å². The lowest BCUT2D eigenvalue weighted by Gasteiger charge is -2.31. The van der Waals surface area contributed by atoms with Crippen LogP contribution in [-0.4, -0.2) is 5.78 Å². The molecule has 0 aromatic rings. The second-order valence-electron chi connectivity index (χ2n) is 5.89. The summed E-state index contributed by atoms with van der Waals surface area (Å²) in [4.78, 5) is 12.3. The van der Waals surface area contributed by atoms with Crippen LogP contribution in [0.2, 0.25) is 0 Å². The zero-order valence-electron chi connectivity index (χ0n) is 9.90. The van der Waals surface area contributed by atoms with Gasteiger partial charge in [-0.05, 0) is 43.6 Å². The molecule has 0 aliphatic heterocycles. The topological polar surface area (TPSA) is 17.1 Å². The summed E-state index contributed by atoms with van der Waals surface area (Å²) in [6, 6.07) is 0. The van der Waals surface area contributed by atoms with Gasteiger partial charge >= 0.3 is 0 Å². The Morgan fingerprint density at radius 2 is 1.86 bits per heavy atom. The van der Waals surface area contributed by atoms with Gasteiger partial charge in [0, 0.05) is 5.41 Å². The second kappa shape index (κ2) is 2.50.